The summed E-state index contributed by atoms with van der Waals surface area (Å²) in [6.45, 7) is 1.92. The predicted octanol–water partition coefficient (Wildman–Crippen LogP) is 2.27. The lowest BCUT2D eigenvalue weighted by molar-refractivity contribution is 0.0993. The zero-order valence-electron chi connectivity index (χ0n) is 8.30. The number of carbonyl (C=O) groups excluding carboxylic acids is 1. The lowest BCUT2D eigenvalue weighted by Crippen LogP contribution is -2.04. The van der Waals surface area contributed by atoms with Crippen LogP contribution in [0.3, 0.4) is 0 Å². The number of aromatic nitrogens is 2. The Bertz CT molecular complexity index is 465. The molecule has 2 aromatic heterocycles. The molecule has 3 nitrogen and oxygen atoms in total. The van der Waals surface area contributed by atoms with Crippen LogP contribution in [0.25, 0.3) is 0 Å². The van der Waals surface area contributed by atoms with E-state index in [0.29, 0.717) is 12.0 Å². The molecule has 4 heteroatoms. The molecule has 15 heavy (non-hydrogen) atoms. The normalized spacial score (nSPS) is 10.2. The van der Waals surface area contributed by atoms with Crippen molar-refractivity contribution in [3.05, 3.63) is 46.2 Å². The predicted molar refractivity (Wildman–Crippen MR) is 59.1 cm³/mol. The van der Waals surface area contributed by atoms with Gasteiger partial charge in [0.05, 0.1) is 5.51 Å². The maximum Gasteiger partial charge on any atom is 0.169 e. The number of nitrogens with zero attached hydrogens (tertiary/aromatic N) is 2. The first-order valence-corrected chi connectivity index (χ1v) is 5.46. The molecule has 0 amide bonds. The van der Waals surface area contributed by atoms with Crippen molar-refractivity contribution in [1.29, 1.82) is 0 Å². The van der Waals surface area contributed by atoms with E-state index in [-0.39, 0.29) is 5.78 Å². The molecular formula is C11H10N2OS. The minimum Gasteiger partial charge on any atom is -0.294 e. The van der Waals surface area contributed by atoms with Crippen molar-refractivity contribution < 1.29 is 4.79 Å². The summed E-state index contributed by atoms with van der Waals surface area (Å²) in [6, 6.07) is 1.85. The molecule has 2 heterocycles. The molecule has 0 radical (unpaired) electrons. The van der Waals surface area contributed by atoms with Crippen molar-refractivity contribution in [2.45, 2.75) is 13.3 Å². The van der Waals surface area contributed by atoms with E-state index in [1.807, 2.05) is 13.0 Å². The van der Waals surface area contributed by atoms with Gasteiger partial charge in [-0.15, -0.1) is 11.3 Å². The molecule has 0 saturated heterocycles. The first-order valence-electron chi connectivity index (χ1n) is 4.58. The van der Waals surface area contributed by atoms with E-state index in [4.69, 9.17) is 0 Å². The van der Waals surface area contributed by atoms with Gasteiger partial charge in [-0.05, 0) is 18.6 Å². The zero-order chi connectivity index (χ0) is 10.7. The molecule has 0 fully saturated rings. The Labute approximate surface area is 91.8 Å². The van der Waals surface area contributed by atoms with E-state index in [0.717, 1.165) is 10.4 Å². The summed E-state index contributed by atoms with van der Waals surface area (Å²) < 4.78 is 0. The number of Topliss-reactive ketones (excluding diaryl/α,β-unsaturated/α-hetero) is 1. The molecule has 0 aliphatic rings. The van der Waals surface area contributed by atoms with Gasteiger partial charge in [0.1, 0.15) is 0 Å². The van der Waals surface area contributed by atoms with Gasteiger partial charge in [0, 0.05) is 35.5 Å². The first kappa shape index (κ1) is 9.98. The summed E-state index contributed by atoms with van der Waals surface area (Å²) in [4.78, 5) is 20.8. The van der Waals surface area contributed by atoms with Gasteiger partial charge in [-0.25, -0.2) is 0 Å². The Balaban J connectivity index is 2.19. The summed E-state index contributed by atoms with van der Waals surface area (Å²) in [6.07, 6.45) is 5.46. The summed E-state index contributed by atoms with van der Waals surface area (Å²) in [5, 5.41) is 0. The molecular weight excluding hydrogens is 208 g/mol. The number of thiazole rings is 1. The van der Waals surface area contributed by atoms with Crippen LogP contribution in [0.1, 0.15) is 20.8 Å². The van der Waals surface area contributed by atoms with Crippen molar-refractivity contribution in [2.75, 3.05) is 0 Å². The summed E-state index contributed by atoms with van der Waals surface area (Å²) in [5.41, 5.74) is 3.41. The minimum absolute atomic E-state index is 0.102. The van der Waals surface area contributed by atoms with Crippen LogP contribution in [0.5, 0.6) is 0 Å². The van der Waals surface area contributed by atoms with Crippen LogP contribution < -0.4 is 0 Å². The Hall–Kier alpha value is -1.55. The van der Waals surface area contributed by atoms with Crippen molar-refractivity contribution in [1.82, 2.24) is 9.97 Å². The maximum atomic E-state index is 11.9. The molecule has 0 aliphatic heterocycles. The molecule has 0 saturated carbocycles. The third kappa shape index (κ3) is 2.27. The quantitative estimate of drug-likeness (QED) is 0.742. The Kier molecular flexibility index (Phi) is 2.87. The van der Waals surface area contributed by atoms with Crippen LogP contribution in [-0.4, -0.2) is 15.8 Å². The van der Waals surface area contributed by atoms with Crippen LogP contribution in [0.4, 0.5) is 0 Å². The summed E-state index contributed by atoms with van der Waals surface area (Å²) >= 11 is 1.50. The average molecular weight is 218 g/mol. The van der Waals surface area contributed by atoms with Gasteiger partial charge in [-0.3, -0.25) is 14.8 Å². The van der Waals surface area contributed by atoms with Crippen LogP contribution in [-0.2, 0) is 6.42 Å². The van der Waals surface area contributed by atoms with Crippen LogP contribution in [0.15, 0.2) is 30.2 Å². The Morgan fingerprint density at radius 2 is 2.27 bits per heavy atom. The summed E-state index contributed by atoms with van der Waals surface area (Å²) in [7, 11) is 0. The Morgan fingerprint density at radius 3 is 2.93 bits per heavy atom. The van der Waals surface area contributed by atoms with Gasteiger partial charge in [0.2, 0.25) is 0 Å². The highest BCUT2D eigenvalue weighted by Gasteiger charge is 2.10. The van der Waals surface area contributed by atoms with Crippen molar-refractivity contribution >= 4 is 17.1 Å². The van der Waals surface area contributed by atoms with Gasteiger partial charge in [-0.2, -0.15) is 0 Å². The van der Waals surface area contributed by atoms with Crippen molar-refractivity contribution in [2.24, 2.45) is 0 Å². The SMILES string of the molecule is Cc1ccncc1C(=O)Cc1cncs1. The fourth-order valence-corrected chi connectivity index (χ4v) is 1.93. The molecule has 76 valence electrons. The number of rotatable bonds is 3. The topological polar surface area (TPSA) is 42.9 Å². The fraction of sp³-hybridized carbons (Fsp3) is 0.182. The highest BCUT2D eigenvalue weighted by molar-refractivity contribution is 7.09. The highest BCUT2D eigenvalue weighted by atomic mass is 32.1. The van der Waals surface area contributed by atoms with E-state index in [1.165, 1.54) is 11.3 Å². The molecule has 0 aromatic carbocycles. The van der Waals surface area contributed by atoms with Gasteiger partial charge < -0.3 is 0 Å². The van der Waals surface area contributed by atoms with Crippen molar-refractivity contribution in [3.8, 4) is 0 Å². The molecule has 2 aromatic rings. The second kappa shape index (κ2) is 4.31. The van der Waals surface area contributed by atoms with E-state index in [9.17, 15) is 4.79 Å². The number of ketones is 1. The number of hydrogen-bond donors (Lipinski definition) is 0. The molecule has 2 rings (SSSR count). The molecule has 0 aliphatic carbocycles. The Morgan fingerprint density at radius 1 is 1.40 bits per heavy atom. The van der Waals surface area contributed by atoms with Gasteiger partial charge in [0.25, 0.3) is 0 Å². The average Bonchev–Trinajstić information content (AvgIpc) is 2.71. The van der Waals surface area contributed by atoms with Crippen LogP contribution in [0.2, 0.25) is 0 Å². The molecule has 0 N–H and O–H groups in total. The van der Waals surface area contributed by atoms with Crippen molar-refractivity contribution in [3.63, 3.8) is 0 Å². The number of hydrogen-bond acceptors (Lipinski definition) is 4. The third-order valence-electron chi connectivity index (χ3n) is 2.16. The fourth-order valence-electron chi connectivity index (χ4n) is 1.34. The van der Waals surface area contributed by atoms with Gasteiger partial charge in [0.15, 0.2) is 5.78 Å². The number of pyridine rings is 1. The van der Waals surface area contributed by atoms with Gasteiger partial charge >= 0.3 is 0 Å². The molecule has 0 spiro atoms. The third-order valence-corrected chi connectivity index (χ3v) is 2.94. The number of carbonyl (C=O) groups is 1. The zero-order valence-corrected chi connectivity index (χ0v) is 9.12. The van der Waals surface area contributed by atoms with E-state index >= 15 is 0 Å². The molecule has 0 bridgehead atoms. The lowest BCUT2D eigenvalue weighted by Gasteiger charge is -2.01. The smallest absolute Gasteiger partial charge is 0.169 e. The largest absolute Gasteiger partial charge is 0.294 e. The number of aryl methyl sites for hydroxylation is 1. The second-order valence-corrected chi connectivity index (χ2v) is 4.23. The highest BCUT2D eigenvalue weighted by Crippen LogP contribution is 2.12. The second-order valence-electron chi connectivity index (χ2n) is 3.26. The summed E-state index contributed by atoms with van der Waals surface area (Å²) in [5.74, 6) is 0.102. The molecule has 0 atom stereocenters. The maximum absolute atomic E-state index is 11.9. The lowest BCUT2D eigenvalue weighted by atomic mass is 10.1. The monoisotopic (exact) mass is 218 g/mol. The minimum atomic E-state index is 0.102. The van der Waals surface area contributed by atoms with E-state index < -0.39 is 0 Å². The van der Waals surface area contributed by atoms with Crippen LogP contribution in [0, 0.1) is 6.92 Å². The first-order chi connectivity index (χ1) is 7.27. The van der Waals surface area contributed by atoms with Crippen LogP contribution >= 0.6 is 11.3 Å². The van der Waals surface area contributed by atoms with E-state index in [1.54, 1.807) is 24.1 Å². The molecule has 0 unspecified atom stereocenters. The van der Waals surface area contributed by atoms with E-state index in [2.05, 4.69) is 9.97 Å². The van der Waals surface area contributed by atoms with Gasteiger partial charge in [-0.1, -0.05) is 0 Å². The standard InChI is InChI=1S/C11H10N2OS/c1-8-2-3-12-6-10(8)11(14)4-9-5-13-7-15-9/h2-3,5-7H,4H2,1H3.